The van der Waals surface area contributed by atoms with Crippen molar-refractivity contribution in [1.82, 2.24) is 4.98 Å². The minimum absolute atomic E-state index is 0.0678. The number of hydrogen-bond acceptors (Lipinski definition) is 4. The van der Waals surface area contributed by atoms with Crippen molar-refractivity contribution in [3.05, 3.63) is 53.2 Å². The topological polar surface area (TPSA) is 65.5 Å². The molecule has 1 aliphatic heterocycles. The van der Waals surface area contributed by atoms with Crippen LogP contribution in [0.5, 0.6) is 0 Å². The zero-order chi connectivity index (χ0) is 19.6. The van der Waals surface area contributed by atoms with E-state index in [-0.39, 0.29) is 11.3 Å². The van der Waals surface area contributed by atoms with Crippen molar-refractivity contribution in [3.8, 4) is 0 Å². The maximum Gasteiger partial charge on any atom is 0.230 e. The minimum atomic E-state index is -0.773. The summed E-state index contributed by atoms with van der Waals surface area (Å²) in [7, 11) is 0. The molecule has 1 aromatic heterocycles. The summed E-state index contributed by atoms with van der Waals surface area (Å²) in [6.07, 6.45) is 1.44. The van der Waals surface area contributed by atoms with Crippen molar-refractivity contribution in [3.63, 3.8) is 0 Å². The highest BCUT2D eigenvalue weighted by molar-refractivity contribution is 6.32. The van der Waals surface area contributed by atoms with Gasteiger partial charge in [0.15, 0.2) is 0 Å². The van der Waals surface area contributed by atoms with Crippen LogP contribution in [0.25, 0.3) is 0 Å². The highest BCUT2D eigenvalue weighted by atomic mass is 35.5. The van der Waals surface area contributed by atoms with Gasteiger partial charge >= 0.3 is 0 Å². The number of amides is 1. The fraction of sp³-hybridized carbons (Fsp3) is 0.429. The van der Waals surface area contributed by atoms with Crippen LogP contribution in [0.3, 0.4) is 0 Å². The third-order valence-electron chi connectivity index (χ3n) is 4.98. The molecule has 0 radical (unpaired) electrons. The van der Waals surface area contributed by atoms with Crippen molar-refractivity contribution in [2.24, 2.45) is 5.92 Å². The normalized spacial score (nSPS) is 20.4. The van der Waals surface area contributed by atoms with Crippen LogP contribution in [0.1, 0.15) is 32.8 Å². The van der Waals surface area contributed by atoms with Gasteiger partial charge in [0.05, 0.1) is 17.0 Å². The molecule has 144 valence electrons. The van der Waals surface area contributed by atoms with E-state index in [0.29, 0.717) is 30.4 Å². The Hall–Kier alpha value is -2.11. The van der Waals surface area contributed by atoms with Crippen LogP contribution in [0, 0.1) is 5.92 Å². The molecular weight excluding hydrogens is 362 g/mol. The summed E-state index contributed by atoms with van der Waals surface area (Å²) in [4.78, 5) is 18.8. The predicted molar refractivity (Wildman–Crippen MR) is 109 cm³/mol. The number of piperidine rings is 1. The van der Waals surface area contributed by atoms with Crippen LogP contribution in [-0.2, 0) is 10.2 Å². The van der Waals surface area contributed by atoms with E-state index in [9.17, 15) is 9.90 Å². The Morgan fingerprint density at radius 1 is 1.26 bits per heavy atom. The van der Waals surface area contributed by atoms with E-state index in [1.165, 1.54) is 5.56 Å². The second-order valence-corrected chi connectivity index (χ2v) is 8.44. The minimum Gasteiger partial charge on any atom is -0.390 e. The number of carbonyl (C=O) groups excluding carboxylic acids is 1. The molecule has 6 heteroatoms. The first-order chi connectivity index (χ1) is 12.8. The molecule has 2 aromatic rings. The van der Waals surface area contributed by atoms with Crippen LogP contribution in [0.2, 0.25) is 5.02 Å². The highest BCUT2D eigenvalue weighted by Gasteiger charge is 2.34. The standard InChI is InChI=1S/C21H26ClN3O2/c1-21(2,3)14-6-8-15(9-7-14)24-20(27)16-10-12-25(13-18(16)26)19-17(22)5-4-11-23-19/h4-9,11,16,18,26H,10,12-13H2,1-3H3,(H,24,27). The molecule has 27 heavy (non-hydrogen) atoms. The Balaban J connectivity index is 1.62. The van der Waals surface area contributed by atoms with Gasteiger partial charge in [-0.2, -0.15) is 0 Å². The highest BCUT2D eigenvalue weighted by Crippen LogP contribution is 2.29. The number of rotatable bonds is 3. The first-order valence-corrected chi connectivity index (χ1v) is 9.58. The van der Waals surface area contributed by atoms with Crippen molar-refractivity contribution in [2.45, 2.75) is 38.7 Å². The smallest absolute Gasteiger partial charge is 0.230 e. The quantitative estimate of drug-likeness (QED) is 0.839. The van der Waals surface area contributed by atoms with Crippen LogP contribution in [0.4, 0.5) is 11.5 Å². The molecule has 0 bridgehead atoms. The second kappa shape index (κ2) is 7.87. The number of nitrogens with zero attached hydrogens (tertiary/aromatic N) is 2. The fourth-order valence-electron chi connectivity index (χ4n) is 3.33. The lowest BCUT2D eigenvalue weighted by Gasteiger charge is -2.36. The second-order valence-electron chi connectivity index (χ2n) is 8.03. The monoisotopic (exact) mass is 387 g/mol. The third-order valence-corrected chi connectivity index (χ3v) is 5.27. The van der Waals surface area contributed by atoms with Gasteiger partial charge in [0, 0.05) is 25.0 Å². The Morgan fingerprint density at radius 2 is 1.96 bits per heavy atom. The summed E-state index contributed by atoms with van der Waals surface area (Å²) in [6.45, 7) is 7.41. The lowest BCUT2D eigenvalue weighted by Crippen LogP contribution is -2.48. The van der Waals surface area contributed by atoms with Crippen LogP contribution in [0.15, 0.2) is 42.6 Å². The van der Waals surface area contributed by atoms with Crippen molar-refractivity contribution < 1.29 is 9.90 Å². The molecule has 1 aliphatic rings. The Morgan fingerprint density at radius 3 is 2.56 bits per heavy atom. The largest absolute Gasteiger partial charge is 0.390 e. The number of halogens is 1. The summed E-state index contributed by atoms with van der Waals surface area (Å²) < 4.78 is 0. The average Bonchev–Trinajstić information content (AvgIpc) is 2.61. The summed E-state index contributed by atoms with van der Waals surface area (Å²) in [5.41, 5.74) is 2.02. The van der Waals surface area contributed by atoms with Gasteiger partial charge in [0.1, 0.15) is 5.82 Å². The van der Waals surface area contributed by atoms with Gasteiger partial charge in [-0.25, -0.2) is 4.98 Å². The zero-order valence-corrected chi connectivity index (χ0v) is 16.7. The van der Waals surface area contributed by atoms with Crippen LogP contribution in [-0.4, -0.2) is 35.2 Å². The van der Waals surface area contributed by atoms with Gasteiger partial charge in [-0.1, -0.05) is 44.5 Å². The Kier molecular flexibility index (Phi) is 5.72. The number of aliphatic hydroxyl groups is 1. The number of β-amino-alcohol motifs (C(OH)–C–C–N with tert-alkyl or cyclic N) is 1. The summed E-state index contributed by atoms with van der Waals surface area (Å²) >= 11 is 6.19. The predicted octanol–water partition coefficient (Wildman–Crippen LogP) is 3.86. The number of anilines is 2. The molecule has 3 rings (SSSR count). The SMILES string of the molecule is CC(C)(C)c1ccc(NC(=O)C2CCN(c3ncccc3Cl)CC2O)cc1. The Labute approximate surface area is 165 Å². The van der Waals surface area contributed by atoms with Crippen molar-refractivity contribution in [1.29, 1.82) is 0 Å². The molecule has 2 N–H and O–H groups in total. The first kappa shape index (κ1) is 19.6. The first-order valence-electron chi connectivity index (χ1n) is 9.20. The van der Waals surface area contributed by atoms with Gasteiger partial charge in [0.25, 0.3) is 0 Å². The molecule has 2 atom stereocenters. The van der Waals surface area contributed by atoms with Gasteiger partial charge < -0.3 is 15.3 Å². The molecule has 1 aromatic carbocycles. The number of benzene rings is 1. The summed E-state index contributed by atoms with van der Waals surface area (Å²) in [5, 5.41) is 14.0. The van der Waals surface area contributed by atoms with Gasteiger partial charge in [-0.05, 0) is 41.7 Å². The maximum absolute atomic E-state index is 12.6. The number of pyridine rings is 1. The third kappa shape index (κ3) is 4.60. The van der Waals surface area contributed by atoms with E-state index in [1.54, 1.807) is 18.3 Å². The molecule has 5 nitrogen and oxygen atoms in total. The van der Waals surface area contributed by atoms with E-state index in [0.717, 1.165) is 5.69 Å². The van der Waals surface area contributed by atoms with E-state index < -0.39 is 12.0 Å². The van der Waals surface area contributed by atoms with Crippen molar-refractivity contribution in [2.75, 3.05) is 23.3 Å². The van der Waals surface area contributed by atoms with Gasteiger partial charge in [-0.15, -0.1) is 0 Å². The lowest BCUT2D eigenvalue weighted by atomic mass is 9.87. The van der Waals surface area contributed by atoms with E-state index in [2.05, 4.69) is 31.1 Å². The summed E-state index contributed by atoms with van der Waals surface area (Å²) in [5.74, 6) is 0.0404. The molecule has 2 unspecified atom stereocenters. The molecule has 1 saturated heterocycles. The van der Waals surface area contributed by atoms with Crippen LogP contribution < -0.4 is 10.2 Å². The molecule has 0 spiro atoms. The molecule has 0 aliphatic carbocycles. The van der Waals surface area contributed by atoms with E-state index in [4.69, 9.17) is 11.6 Å². The van der Waals surface area contributed by atoms with Gasteiger partial charge in [0.2, 0.25) is 5.91 Å². The molecular formula is C21H26ClN3O2. The molecule has 0 saturated carbocycles. The number of aliphatic hydroxyl groups excluding tert-OH is 1. The molecule has 2 heterocycles. The zero-order valence-electron chi connectivity index (χ0n) is 15.9. The average molecular weight is 388 g/mol. The molecule has 1 fully saturated rings. The van der Waals surface area contributed by atoms with Crippen LogP contribution >= 0.6 is 11.6 Å². The maximum atomic E-state index is 12.6. The lowest BCUT2D eigenvalue weighted by molar-refractivity contribution is -0.123. The van der Waals surface area contributed by atoms with Crippen molar-refractivity contribution >= 4 is 29.0 Å². The summed E-state index contributed by atoms with van der Waals surface area (Å²) in [6, 6.07) is 11.4. The number of hydrogen-bond donors (Lipinski definition) is 2. The van der Waals surface area contributed by atoms with Gasteiger partial charge in [-0.3, -0.25) is 4.79 Å². The number of nitrogens with one attached hydrogen (secondary N) is 1. The van der Waals surface area contributed by atoms with E-state index >= 15 is 0 Å². The number of carbonyl (C=O) groups is 1. The Bertz CT molecular complexity index is 802. The molecule has 1 amide bonds. The number of aromatic nitrogens is 1. The van der Waals surface area contributed by atoms with E-state index in [1.807, 2.05) is 29.2 Å². The fourth-order valence-corrected chi connectivity index (χ4v) is 3.57.